The Kier molecular flexibility index (Phi) is 4.51. The van der Waals surface area contributed by atoms with Crippen molar-refractivity contribution in [2.24, 2.45) is 16.8 Å². The number of carbonyl (C=O) groups excluding carboxylic acids is 1. The van der Waals surface area contributed by atoms with Crippen LogP contribution in [0.25, 0.3) is 0 Å². The van der Waals surface area contributed by atoms with E-state index in [0.717, 1.165) is 4.88 Å². The van der Waals surface area contributed by atoms with Crippen LogP contribution in [0.3, 0.4) is 0 Å². The van der Waals surface area contributed by atoms with Gasteiger partial charge in [0.1, 0.15) is 5.84 Å². The first kappa shape index (κ1) is 13.5. The highest BCUT2D eigenvalue weighted by Crippen LogP contribution is 2.17. The normalized spacial score (nSPS) is 13.5. The average molecular weight is 255 g/mol. The first-order chi connectivity index (χ1) is 7.95. The van der Waals surface area contributed by atoms with Crippen LogP contribution in [0.5, 0.6) is 0 Å². The van der Waals surface area contributed by atoms with E-state index in [1.807, 2.05) is 19.1 Å². The number of carbonyl (C=O) groups is 1. The van der Waals surface area contributed by atoms with Crippen molar-refractivity contribution in [3.8, 4) is 0 Å². The fourth-order valence-electron chi connectivity index (χ4n) is 1.42. The van der Waals surface area contributed by atoms with Gasteiger partial charge < -0.3 is 15.8 Å². The number of oxime groups is 1. The quantitative estimate of drug-likeness (QED) is 0.370. The summed E-state index contributed by atoms with van der Waals surface area (Å²) in [5.41, 5.74) is 5.47. The lowest BCUT2D eigenvalue weighted by atomic mass is 10.1. The molecule has 1 atom stereocenters. The van der Waals surface area contributed by atoms with Crippen LogP contribution in [-0.2, 0) is 0 Å². The lowest BCUT2D eigenvalue weighted by Crippen LogP contribution is -2.36. The maximum Gasteiger partial charge on any atom is 0.263 e. The minimum absolute atomic E-state index is 0.0410. The highest BCUT2D eigenvalue weighted by atomic mass is 32.1. The Balaban J connectivity index is 2.65. The summed E-state index contributed by atoms with van der Waals surface area (Å²) in [7, 11) is 1.71. The lowest BCUT2D eigenvalue weighted by molar-refractivity contribution is 0.0791. The number of amidine groups is 1. The van der Waals surface area contributed by atoms with Gasteiger partial charge in [0, 0.05) is 24.4 Å². The number of rotatable bonds is 4. The minimum Gasteiger partial charge on any atom is -0.409 e. The van der Waals surface area contributed by atoms with Crippen LogP contribution in [0.4, 0.5) is 0 Å². The van der Waals surface area contributed by atoms with Gasteiger partial charge in [-0.25, -0.2) is 0 Å². The van der Waals surface area contributed by atoms with Crippen molar-refractivity contribution >= 4 is 23.1 Å². The van der Waals surface area contributed by atoms with E-state index in [9.17, 15) is 4.79 Å². The molecule has 0 spiro atoms. The zero-order valence-electron chi connectivity index (χ0n) is 10.2. The topological polar surface area (TPSA) is 78.9 Å². The molecule has 1 unspecified atom stereocenters. The predicted octanol–water partition coefficient (Wildman–Crippen LogP) is 1.51. The van der Waals surface area contributed by atoms with Crippen molar-refractivity contribution in [1.82, 2.24) is 4.90 Å². The van der Waals surface area contributed by atoms with Gasteiger partial charge in [-0.05, 0) is 19.1 Å². The zero-order valence-corrected chi connectivity index (χ0v) is 11.0. The van der Waals surface area contributed by atoms with Crippen molar-refractivity contribution < 1.29 is 10.0 Å². The molecule has 1 heterocycles. The van der Waals surface area contributed by atoms with E-state index in [1.54, 1.807) is 18.9 Å². The molecule has 3 N–H and O–H groups in total. The number of nitrogens with two attached hydrogens (primary N) is 1. The van der Waals surface area contributed by atoms with Gasteiger partial charge in [0.2, 0.25) is 0 Å². The summed E-state index contributed by atoms with van der Waals surface area (Å²) in [6, 6.07) is 3.73. The van der Waals surface area contributed by atoms with Gasteiger partial charge in [-0.1, -0.05) is 12.1 Å². The molecule has 6 heteroatoms. The number of hydrogen-bond donors (Lipinski definition) is 2. The number of thiophene rings is 1. The summed E-state index contributed by atoms with van der Waals surface area (Å²) in [4.78, 5) is 15.4. The number of nitrogens with zero attached hydrogens (tertiary/aromatic N) is 2. The maximum atomic E-state index is 12.0. The zero-order chi connectivity index (χ0) is 13.0. The van der Waals surface area contributed by atoms with Crippen LogP contribution in [0.2, 0.25) is 0 Å². The van der Waals surface area contributed by atoms with Crippen molar-refractivity contribution in [2.45, 2.75) is 13.8 Å². The third-order valence-corrected chi connectivity index (χ3v) is 3.45. The first-order valence-electron chi connectivity index (χ1n) is 5.25. The van der Waals surface area contributed by atoms with Crippen molar-refractivity contribution in [3.05, 3.63) is 21.9 Å². The van der Waals surface area contributed by atoms with Crippen LogP contribution < -0.4 is 5.73 Å². The van der Waals surface area contributed by atoms with E-state index in [1.165, 1.54) is 11.3 Å². The summed E-state index contributed by atoms with van der Waals surface area (Å²) in [6.07, 6.45) is 0. The van der Waals surface area contributed by atoms with Gasteiger partial charge >= 0.3 is 0 Å². The first-order valence-corrected chi connectivity index (χ1v) is 6.06. The second-order valence-corrected chi connectivity index (χ2v) is 5.31. The van der Waals surface area contributed by atoms with Crippen molar-refractivity contribution in [3.63, 3.8) is 0 Å². The number of amides is 1. The molecule has 1 aromatic heterocycles. The Morgan fingerprint density at radius 1 is 1.65 bits per heavy atom. The summed E-state index contributed by atoms with van der Waals surface area (Å²) >= 11 is 1.46. The molecular weight excluding hydrogens is 238 g/mol. The van der Waals surface area contributed by atoms with Crippen LogP contribution in [0.1, 0.15) is 21.5 Å². The Labute approximate surface area is 105 Å². The predicted molar refractivity (Wildman–Crippen MR) is 68.6 cm³/mol. The fraction of sp³-hybridized carbons (Fsp3) is 0.455. The van der Waals surface area contributed by atoms with Gasteiger partial charge in [0.05, 0.1) is 4.88 Å². The SMILES string of the molecule is Cc1ccc(C(=O)N(C)CC(C)/C(N)=N/O)s1. The van der Waals surface area contributed by atoms with E-state index < -0.39 is 0 Å². The molecule has 0 saturated heterocycles. The van der Waals surface area contributed by atoms with E-state index >= 15 is 0 Å². The monoisotopic (exact) mass is 255 g/mol. The van der Waals surface area contributed by atoms with Crippen LogP contribution in [-0.4, -0.2) is 35.4 Å². The van der Waals surface area contributed by atoms with Gasteiger partial charge in [-0.15, -0.1) is 11.3 Å². The molecule has 17 heavy (non-hydrogen) atoms. The highest BCUT2D eigenvalue weighted by Gasteiger charge is 2.17. The molecule has 0 aromatic carbocycles. The Hall–Kier alpha value is -1.56. The Morgan fingerprint density at radius 2 is 2.29 bits per heavy atom. The van der Waals surface area contributed by atoms with Crippen molar-refractivity contribution in [2.75, 3.05) is 13.6 Å². The Morgan fingerprint density at radius 3 is 2.76 bits per heavy atom. The highest BCUT2D eigenvalue weighted by molar-refractivity contribution is 7.13. The van der Waals surface area contributed by atoms with E-state index in [-0.39, 0.29) is 17.7 Å². The third kappa shape index (κ3) is 3.45. The standard InChI is InChI=1S/C11H17N3O2S/c1-7(10(12)13-16)6-14(3)11(15)9-5-4-8(2)17-9/h4-5,7,16H,6H2,1-3H3,(H2,12,13). The molecule has 1 aromatic rings. The maximum absolute atomic E-state index is 12.0. The smallest absolute Gasteiger partial charge is 0.263 e. The molecule has 0 radical (unpaired) electrons. The van der Waals surface area contributed by atoms with Gasteiger partial charge in [0.25, 0.3) is 5.91 Å². The number of hydrogen-bond acceptors (Lipinski definition) is 4. The molecule has 0 aliphatic heterocycles. The molecule has 94 valence electrons. The molecule has 5 nitrogen and oxygen atoms in total. The van der Waals surface area contributed by atoms with Crippen LogP contribution in [0.15, 0.2) is 17.3 Å². The van der Waals surface area contributed by atoms with Gasteiger partial charge in [0.15, 0.2) is 0 Å². The molecule has 0 saturated carbocycles. The van der Waals surface area contributed by atoms with E-state index in [0.29, 0.717) is 11.4 Å². The van der Waals surface area contributed by atoms with E-state index in [2.05, 4.69) is 5.16 Å². The molecule has 0 fully saturated rings. The summed E-state index contributed by atoms with van der Waals surface area (Å²) in [6.45, 7) is 4.19. The Bertz CT molecular complexity index is 428. The molecule has 0 bridgehead atoms. The molecular formula is C11H17N3O2S. The summed E-state index contributed by atoms with van der Waals surface area (Å²) < 4.78 is 0. The van der Waals surface area contributed by atoms with Crippen LogP contribution in [0, 0.1) is 12.8 Å². The third-order valence-electron chi connectivity index (χ3n) is 2.47. The summed E-state index contributed by atoms with van der Waals surface area (Å²) in [5, 5.41) is 11.5. The summed E-state index contributed by atoms with van der Waals surface area (Å²) in [5.74, 6) is -0.0808. The molecule has 1 amide bonds. The van der Waals surface area contributed by atoms with Crippen LogP contribution >= 0.6 is 11.3 Å². The van der Waals surface area contributed by atoms with Gasteiger partial charge in [-0.3, -0.25) is 4.79 Å². The number of aryl methyl sites for hydroxylation is 1. The van der Waals surface area contributed by atoms with Gasteiger partial charge in [-0.2, -0.15) is 0 Å². The second-order valence-electron chi connectivity index (χ2n) is 4.02. The molecule has 1 rings (SSSR count). The molecule has 0 aliphatic rings. The largest absolute Gasteiger partial charge is 0.409 e. The minimum atomic E-state index is -0.171. The fourth-order valence-corrected chi connectivity index (χ4v) is 2.29. The van der Waals surface area contributed by atoms with Crippen molar-refractivity contribution in [1.29, 1.82) is 0 Å². The van der Waals surface area contributed by atoms with E-state index in [4.69, 9.17) is 10.9 Å². The lowest BCUT2D eigenvalue weighted by Gasteiger charge is -2.20. The second kappa shape index (κ2) is 5.67. The average Bonchev–Trinajstić information content (AvgIpc) is 2.73. The molecule has 0 aliphatic carbocycles.